The van der Waals surface area contributed by atoms with Crippen molar-refractivity contribution in [3.8, 4) is 0 Å². The Labute approximate surface area is 103 Å². The minimum absolute atomic E-state index is 0.129. The van der Waals surface area contributed by atoms with Gasteiger partial charge in [0.05, 0.1) is 0 Å². The quantitative estimate of drug-likeness (QED) is 0.840. The molecule has 1 aromatic heterocycles. The summed E-state index contributed by atoms with van der Waals surface area (Å²) < 4.78 is 0. The molecule has 0 unspecified atom stereocenters. The molecule has 1 nitrogen and oxygen atoms in total. The SMILES string of the molecule is NC1(CCc2cccs2)CCCCCCC1. The minimum atomic E-state index is 0.129. The van der Waals surface area contributed by atoms with E-state index in [2.05, 4.69) is 17.5 Å². The molecule has 2 rings (SSSR count). The molecule has 16 heavy (non-hydrogen) atoms. The second kappa shape index (κ2) is 5.83. The second-order valence-electron chi connectivity index (χ2n) is 5.21. The highest BCUT2D eigenvalue weighted by atomic mass is 32.1. The van der Waals surface area contributed by atoms with Crippen LogP contribution >= 0.6 is 11.3 Å². The van der Waals surface area contributed by atoms with Gasteiger partial charge in [-0.1, -0.05) is 38.2 Å². The summed E-state index contributed by atoms with van der Waals surface area (Å²) in [4.78, 5) is 1.49. The molecule has 0 amide bonds. The molecule has 0 aromatic carbocycles. The molecule has 1 aromatic rings. The van der Waals surface area contributed by atoms with Crippen molar-refractivity contribution in [1.29, 1.82) is 0 Å². The minimum Gasteiger partial charge on any atom is -0.325 e. The lowest BCUT2D eigenvalue weighted by Gasteiger charge is -2.31. The van der Waals surface area contributed by atoms with Gasteiger partial charge in [0, 0.05) is 10.4 Å². The lowest BCUT2D eigenvalue weighted by molar-refractivity contribution is 0.298. The van der Waals surface area contributed by atoms with Crippen LogP contribution in [0.1, 0.15) is 56.2 Å². The van der Waals surface area contributed by atoms with E-state index >= 15 is 0 Å². The highest BCUT2D eigenvalue weighted by Crippen LogP contribution is 2.28. The van der Waals surface area contributed by atoms with Crippen molar-refractivity contribution < 1.29 is 0 Å². The van der Waals surface area contributed by atoms with E-state index in [1.165, 1.54) is 62.7 Å². The Morgan fingerprint density at radius 1 is 1.12 bits per heavy atom. The fraction of sp³-hybridized carbons (Fsp3) is 0.714. The molecule has 0 bridgehead atoms. The number of aryl methyl sites for hydroxylation is 1. The van der Waals surface area contributed by atoms with Crippen LogP contribution in [-0.2, 0) is 6.42 Å². The van der Waals surface area contributed by atoms with Crippen LogP contribution in [0.15, 0.2) is 17.5 Å². The molecule has 2 N–H and O–H groups in total. The molecule has 0 atom stereocenters. The smallest absolute Gasteiger partial charge is 0.0157 e. The maximum atomic E-state index is 6.55. The Kier molecular flexibility index (Phi) is 4.42. The third-order valence-electron chi connectivity index (χ3n) is 3.80. The standard InChI is InChI=1S/C14H23NS/c15-14(9-4-2-1-3-5-10-14)11-8-13-7-6-12-16-13/h6-7,12H,1-5,8-11,15H2. The van der Waals surface area contributed by atoms with E-state index in [1.807, 2.05) is 11.3 Å². The van der Waals surface area contributed by atoms with E-state index in [0.29, 0.717) is 0 Å². The Balaban J connectivity index is 1.84. The summed E-state index contributed by atoms with van der Waals surface area (Å²) in [6.45, 7) is 0. The molecule has 1 aliphatic rings. The monoisotopic (exact) mass is 237 g/mol. The van der Waals surface area contributed by atoms with E-state index in [0.717, 1.165) is 0 Å². The van der Waals surface area contributed by atoms with Gasteiger partial charge in [-0.25, -0.2) is 0 Å². The van der Waals surface area contributed by atoms with Crippen LogP contribution in [0.3, 0.4) is 0 Å². The molecule has 0 saturated heterocycles. The van der Waals surface area contributed by atoms with Crippen LogP contribution in [0.5, 0.6) is 0 Å². The van der Waals surface area contributed by atoms with Gasteiger partial charge in [0.25, 0.3) is 0 Å². The number of hydrogen-bond acceptors (Lipinski definition) is 2. The van der Waals surface area contributed by atoms with Gasteiger partial charge in [-0.2, -0.15) is 0 Å². The lowest BCUT2D eigenvalue weighted by atomic mass is 9.81. The van der Waals surface area contributed by atoms with Crippen LogP contribution in [0.4, 0.5) is 0 Å². The van der Waals surface area contributed by atoms with Gasteiger partial charge in [0.15, 0.2) is 0 Å². The van der Waals surface area contributed by atoms with Gasteiger partial charge in [0.2, 0.25) is 0 Å². The molecular weight excluding hydrogens is 214 g/mol. The summed E-state index contributed by atoms with van der Waals surface area (Å²) in [5.74, 6) is 0. The first-order valence-electron chi connectivity index (χ1n) is 6.60. The predicted molar refractivity (Wildman–Crippen MR) is 71.9 cm³/mol. The Hall–Kier alpha value is -0.340. The van der Waals surface area contributed by atoms with Gasteiger partial charge in [-0.15, -0.1) is 11.3 Å². The van der Waals surface area contributed by atoms with Crippen molar-refractivity contribution in [2.75, 3.05) is 0 Å². The zero-order valence-corrected chi connectivity index (χ0v) is 10.9. The highest BCUT2D eigenvalue weighted by molar-refractivity contribution is 7.09. The van der Waals surface area contributed by atoms with E-state index in [1.54, 1.807) is 0 Å². The summed E-state index contributed by atoms with van der Waals surface area (Å²) >= 11 is 1.86. The third-order valence-corrected chi connectivity index (χ3v) is 4.73. The third kappa shape index (κ3) is 3.60. The van der Waals surface area contributed by atoms with Crippen molar-refractivity contribution in [2.24, 2.45) is 5.73 Å². The zero-order valence-electron chi connectivity index (χ0n) is 10.1. The molecule has 1 heterocycles. The fourth-order valence-electron chi connectivity index (χ4n) is 2.69. The first-order valence-corrected chi connectivity index (χ1v) is 7.48. The Morgan fingerprint density at radius 2 is 1.81 bits per heavy atom. The van der Waals surface area contributed by atoms with E-state index in [9.17, 15) is 0 Å². The van der Waals surface area contributed by atoms with Crippen molar-refractivity contribution in [3.05, 3.63) is 22.4 Å². The summed E-state index contributed by atoms with van der Waals surface area (Å²) in [6.07, 6.45) is 11.7. The largest absolute Gasteiger partial charge is 0.325 e. The molecule has 1 fully saturated rings. The van der Waals surface area contributed by atoms with Crippen LogP contribution in [-0.4, -0.2) is 5.54 Å². The lowest BCUT2D eigenvalue weighted by Crippen LogP contribution is -2.40. The van der Waals surface area contributed by atoms with Crippen LogP contribution in [0.2, 0.25) is 0 Å². The molecule has 2 heteroatoms. The molecule has 0 spiro atoms. The summed E-state index contributed by atoms with van der Waals surface area (Å²) in [7, 11) is 0. The fourth-order valence-corrected chi connectivity index (χ4v) is 3.40. The van der Waals surface area contributed by atoms with Gasteiger partial charge in [-0.05, 0) is 37.1 Å². The van der Waals surface area contributed by atoms with Crippen LogP contribution < -0.4 is 5.73 Å². The average molecular weight is 237 g/mol. The van der Waals surface area contributed by atoms with Gasteiger partial charge >= 0.3 is 0 Å². The van der Waals surface area contributed by atoms with Gasteiger partial charge in [-0.3, -0.25) is 0 Å². The Morgan fingerprint density at radius 3 is 2.44 bits per heavy atom. The maximum absolute atomic E-state index is 6.55. The first kappa shape index (κ1) is 12.1. The average Bonchev–Trinajstić information content (AvgIpc) is 2.74. The molecule has 0 radical (unpaired) electrons. The van der Waals surface area contributed by atoms with Gasteiger partial charge < -0.3 is 5.73 Å². The van der Waals surface area contributed by atoms with Crippen molar-refractivity contribution in [3.63, 3.8) is 0 Å². The van der Waals surface area contributed by atoms with E-state index < -0.39 is 0 Å². The summed E-state index contributed by atoms with van der Waals surface area (Å²) in [5, 5.41) is 2.16. The summed E-state index contributed by atoms with van der Waals surface area (Å²) in [6, 6.07) is 4.37. The Bertz CT molecular complexity index is 284. The summed E-state index contributed by atoms with van der Waals surface area (Å²) in [5.41, 5.74) is 6.68. The predicted octanol–water partition coefficient (Wildman–Crippen LogP) is 4.12. The molecule has 90 valence electrons. The number of nitrogens with two attached hydrogens (primary N) is 1. The van der Waals surface area contributed by atoms with Crippen LogP contribution in [0.25, 0.3) is 0 Å². The molecular formula is C14H23NS. The molecule has 1 saturated carbocycles. The van der Waals surface area contributed by atoms with E-state index in [-0.39, 0.29) is 5.54 Å². The first-order chi connectivity index (χ1) is 7.79. The molecule has 1 aliphatic carbocycles. The maximum Gasteiger partial charge on any atom is 0.0157 e. The second-order valence-corrected chi connectivity index (χ2v) is 6.24. The number of rotatable bonds is 3. The zero-order chi connectivity index (χ0) is 11.3. The van der Waals surface area contributed by atoms with Crippen molar-refractivity contribution in [1.82, 2.24) is 0 Å². The van der Waals surface area contributed by atoms with Crippen LogP contribution in [0, 0.1) is 0 Å². The van der Waals surface area contributed by atoms with Crippen molar-refractivity contribution >= 4 is 11.3 Å². The highest BCUT2D eigenvalue weighted by Gasteiger charge is 2.24. The molecule has 0 aliphatic heterocycles. The number of hydrogen-bond donors (Lipinski definition) is 1. The normalized spacial score (nSPS) is 21.3. The van der Waals surface area contributed by atoms with Gasteiger partial charge in [0.1, 0.15) is 0 Å². The topological polar surface area (TPSA) is 26.0 Å². The van der Waals surface area contributed by atoms with Crippen molar-refractivity contribution in [2.45, 2.75) is 63.3 Å². The van der Waals surface area contributed by atoms with E-state index in [4.69, 9.17) is 5.73 Å². The number of thiophene rings is 1.